The fraction of sp³-hybridized carbons (Fsp3) is 0.438. The van der Waals surface area contributed by atoms with Crippen LogP contribution in [0.25, 0.3) is 0 Å². The van der Waals surface area contributed by atoms with Crippen LogP contribution >= 0.6 is 0 Å². The Labute approximate surface area is 125 Å². The lowest BCUT2D eigenvalue weighted by atomic mass is 10.0. The Morgan fingerprint density at radius 2 is 2.10 bits per heavy atom. The Morgan fingerprint density at radius 1 is 1.29 bits per heavy atom. The second-order valence-corrected chi connectivity index (χ2v) is 5.20. The van der Waals surface area contributed by atoms with Gasteiger partial charge in [0.05, 0.1) is 5.69 Å². The molecular weight excluding hydrogens is 267 g/mol. The van der Waals surface area contributed by atoms with Crippen LogP contribution in [0.1, 0.15) is 30.8 Å². The molecule has 1 unspecified atom stereocenters. The van der Waals surface area contributed by atoms with Gasteiger partial charge in [-0.1, -0.05) is 19.1 Å². The molecule has 0 aliphatic rings. The van der Waals surface area contributed by atoms with E-state index in [2.05, 4.69) is 30.4 Å². The van der Waals surface area contributed by atoms with Crippen LogP contribution in [0.4, 0.5) is 4.39 Å². The SMILES string of the molecule is CCc1cc(CC(Cc2cccc(F)c2)NN)n(CC)n1. The van der Waals surface area contributed by atoms with Crippen molar-refractivity contribution >= 4 is 0 Å². The zero-order chi connectivity index (χ0) is 15.2. The van der Waals surface area contributed by atoms with Gasteiger partial charge in [0.1, 0.15) is 5.82 Å². The fourth-order valence-corrected chi connectivity index (χ4v) is 2.52. The van der Waals surface area contributed by atoms with Crippen molar-refractivity contribution in [3.63, 3.8) is 0 Å². The number of benzene rings is 1. The number of hydrogen-bond acceptors (Lipinski definition) is 3. The number of nitrogens with one attached hydrogen (secondary N) is 1. The summed E-state index contributed by atoms with van der Waals surface area (Å²) in [5.41, 5.74) is 6.03. The van der Waals surface area contributed by atoms with Gasteiger partial charge in [0.2, 0.25) is 0 Å². The standard InChI is InChI=1S/C16H23FN4/c1-3-14-10-16(21(4-2)20-14)11-15(19-18)9-12-6-5-7-13(17)8-12/h5-8,10,15,19H,3-4,9,11,18H2,1-2H3. The number of rotatable bonds is 7. The third-order valence-electron chi connectivity index (χ3n) is 3.64. The molecule has 1 aromatic heterocycles. The summed E-state index contributed by atoms with van der Waals surface area (Å²) in [4.78, 5) is 0. The van der Waals surface area contributed by atoms with E-state index in [-0.39, 0.29) is 11.9 Å². The smallest absolute Gasteiger partial charge is 0.123 e. The molecule has 0 fully saturated rings. The first-order valence-electron chi connectivity index (χ1n) is 7.42. The van der Waals surface area contributed by atoms with Crippen LogP contribution in [-0.4, -0.2) is 15.8 Å². The van der Waals surface area contributed by atoms with Crippen molar-refractivity contribution < 1.29 is 4.39 Å². The van der Waals surface area contributed by atoms with Crippen molar-refractivity contribution in [2.45, 2.75) is 45.7 Å². The van der Waals surface area contributed by atoms with E-state index in [1.54, 1.807) is 12.1 Å². The number of hydrazine groups is 1. The first-order chi connectivity index (χ1) is 10.2. The molecule has 2 aromatic rings. The Kier molecular flexibility index (Phi) is 5.47. The highest BCUT2D eigenvalue weighted by molar-refractivity contribution is 5.19. The van der Waals surface area contributed by atoms with E-state index < -0.39 is 0 Å². The minimum atomic E-state index is -0.213. The maximum Gasteiger partial charge on any atom is 0.123 e. The van der Waals surface area contributed by atoms with Crippen molar-refractivity contribution in [3.05, 3.63) is 53.1 Å². The van der Waals surface area contributed by atoms with Crippen molar-refractivity contribution in [2.24, 2.45) is 5.84 Å². The minimum absolute atomic E-state index is 0.0542. The number of hydrogen-bond donors (Lipinski definition) is 2. The quantitative estimate of drug-likeness (QED) is 0.607. The van der Waals surface area contributed by atoms with Crippen molar-refractivity contribution in [3.8, 4) is 0 Å². The molecule has 0 aliphatic carbocycles. The predicted octanol–water partition coefficient (Wildman–Crippen LogP) is 2.22. The number of nitrogens with two attached hydrogens (primary N) is 1. The van der Waals surface area contributed by atoms with Crippen LogP contribution in [0.3, 0.4) is 0 Å². The minimum Gasteiger partial charge on any atom is -0.271 e. The van der Waals surface area contributed by atoms with Gasteiger partial charge in [-0.15, -0.1) is 0 Å². The largest absolute Gasteiger partial charge is 0.271 e. The molecule has 0 saturated heterocycles. The molecule has 4 nitrogen and oxygen atoms in total. The van der Waals surface area contributed by atoms with Crippen LogP contribution in [0.2, 0.25) is 0 Å². The van der Waals surface area contributed by atoms with E-state index in [0.717, 1.165) is 36.3 Å². The Morgan fingerprint density at radius 3 is 2.71 bits per heavy atom. The molecule has 2 rings (SSSR count). The van der Waals surface area contributed by atoms with Crippen molar-refractivity contribution in [2.75, 3.05) is 0 Å². The van der Waals surface area contributed by atoms with Crippen LogP contribution < -0.4 is 11.3 Å². The highest BCUT2D eigenvalue weighted by Gasteiger charge is 2.13. The summed E-state index contributed by atoms with van der Waals surface area (Å²) in [5.74, 6) is 5.45. The molecule has 0 saturated carbocycles. The first kappa shape index (κ1) is 15.7. The molecule has 21 heavy (non-hydrogen) atoms. The summed E-state index contributed by atoms with van der Waals surface area (Å²) in [6.07, 6.45) is 2.38. The summed E-state index contributed by atoms with van der Waals surface area (Å²) in [5, 5.41) is 4.54. The van der Waals surface area contributed by atoms with Crippen molar-refractivity contribution in [1.82, 2.24) is 15.2 Å². The number of aryl methyl sites for hydroxylation is 2. The molecule has 0 spiro atoms. The lowest BCUT2D eigenvalue weighted by Gasteiger charge is -2.16. The third kappa shape index (κ3) is 4.12. The molecule has 5 heteroatoms. The second kappa shape index (κ2) is 7.33. The van der Waals surface area contributed by atoms with Gasteiger partial charge in [0.25, 0.3) is 0 Å². The van der Waals surface area contributed by atoms with Crippen LogP contribution in [0, 0.1) is 5.82 Å². The maximum absolute atomic E-state index is 13.3. The van der Waals surface area contributed by atoms with Gasteiger partial charge >= 0.3 is 0 Å². The van der Waals surface area contributed by atoms with Gasteiger partial charge in [-0.3, -0.25) is 16.0 Å². The Bertz CT molecular complexity index is 579. The van der Waals surface area contributed by atoms with E-state index in [9.17, 15) is 4.39 Å². The lowest BCUT2D eigenvalue weighted by Crippen LogP contribution is -2.39. The summed E-state index contributed by atoms with van der Waals surface area (Å²) in [6, 6.07) is 8.83. The molecule has 1 atom stereocenters. The van der Waals surface area contributed by atoms with E-state index in [1.807, 2.05) is 10.7 Å². The number of halogens is 1. The second-order valence-electron chi connectivity index (χ2n) is 5.20. The monoisotopic (exact) mass is 290 g/mol. The molecule has 0 bridgehead atoms. The molecule has 0 amide bonds. The highest BCUT2D eigenvalue weighted by atomic mass is 19.1. The van der Waals surface area contributed by atoms with Crippen LogP contribution in [0.15, 0.2) is 30.3 Å². The predicted molar refractivity (Wildman–Crippen MR) is 82.2 cm³/mol. The third-order valence-corrected chi connectivity index (χ3v) is 3.64. The summed E-state index contributed by atoms with van der Waals surface area (Å²) in [6.45, 7) is 5.01. The fourth-order valence-electron chi connectivity index (χ4n) is 2.52. The van der Waals surface area contributed by atoms with E-state index in [0.29, 0.717) is 6.42 Å². The van der Waals surface area contributed by atoms with Gasteiger partial charge < -0.3 is 0 Å². The molecule has 114 valence electrons. The topological polar surface area (TPSA) is 55.9 Å². The molecule has 0 aliphatic heterocycles. The van der Waals surface area contributed by atoms with Gasteiger partial charge in [0, 0.05) is 24.7 Å². The zero-order valence-electron chi connectivity index (χ0n) is 12.6. The van der Waals surface area contributed by atoms with Crippen LogP contribution in [-0.2, 0) is 25.8 Å². The maximum atomic E-state index is 13.3. The van der Waals surface area contributed by atoms with Gasteiger partial charge in [0.15, 0.2) is 0 Å². The van der Waals surface area contributed by atoms with E-state index in [1.165, 1.54) is 6.07 Å². The number of nitrogens with zero attached hydrogens (tertiary/aromatic N) is 2. The van der Waals surface area contributed by atoms with E-state index >= 15 is 0 Å². The van der Waals surface area contributed by atoms with Crippen molar-refractivity contribution in [1.29, 1.82) is 0 Å². The molecule has 0 radical (unpaired) electrons. The summed E-state index contributed by atoms with van der Waals surface area (Å²) >= 11 is 0. The van der Waals surface area contributed by atoms with E-state index in [4.69, 9.17) is 5.84 Å². The Hall–Kier alpha value is -1.72. The average molecular weight is 290 g/mol. The normalized spacial score (nSPS) is 12.6. The number of aromatic nitrogens is 2. The Balaban J connectivity index is 2.10. The highest BCUT2D eigenvalue weighted by Crippen LogP contribution is 2.12. The van der Waals surface area contributed by atoms with Gasteiger partial charge in [-0.25, -0.2) is 4.39 Å². The van der Waals surface area contributed by atoms with Gasteiger partial charge in [-0.05, 0) is 43.5 Å². The molecule has 1 heterocycles. The van der Waals surface area contributed by atoms with Crippen LogP contribution in [0.5, 0.6) is 0 Å². The summed E-state index contributed by atoms with van der Waals surface area (Å²) < 4.78 is 15.3. The zero-order valence-corrected chi connectivity index (χ0v) is 12.6. The first-order valence-corrected chi connectivity index (χ1v) is 7.42. The average Bonchev–Trinajstić information content (AvgIpc) is 2.88. The lowest BCUT2D eigenvalue weighted by molar-refractivity contribution is 0.494. The molecule has 3 N–H and O–H groups in total. The molecular formula is C16H23FN4. The van der Waals surface area contributed by atoms with Gasteiger partial charge in [-0.2, -0.15) is 5.10 Å². The molecule has 1 aromatic carbocycles. The summed E-state index contributed by atoms with van der Waals surface area (Å²) in [7, 11) is 0.